The summed E-state index contributed by atoms with van der Waals surface area (Å²) in [6.45, 7) is 3.40. The molecule has 0 bridgehead atoms. The summed E-state index contributed by atoms with van der Waals surface area (Å²) in [4.78, 5) is 0. The third-order valence-corrected chi connectivity index (χ3v) is 1.36. The van der Waals surface area contributed by atoms with Crippen molar-refractivity contribution in [2.75, 3.05) is 0 Å². The van der Waals surface area contributed by atoms with Gasteiger partial charge in [-0.1, -0.05) is 12.1 Å². The van der Waals surface area contributed by atoms with E-state index in [1.807, 2.05) is 0 Å². The van der Waals surface area contributed by atoms with E-state index in [-0.39, 0.29) is 5.82 Å². The van der Waals surface area contributed by atoms with Crippen LogP contribution in [0.4, 0.5) is 4.39 Å². The molecule has 1 radical (unpaired) electrons. The Morgan fingerprint density at radius 1 is 1.55 bits per heavy atom. The summed E-state index contributed by atoms with van der Waals surface area (Å²) in [5.41, 5.74) is 0.771. The number of halogens is 1. The molecule has 59 valence electrons. The third-order valence-electron chi connectivity index (χ3n) is 1.36. The van der Waals surface area contributed by atoms with Crippen LogP contribution >= 0.6 is 0 Å². The molecule has 1 aromatic rings. The highest BCUT2D eigenvalue weighted by Gasteiger charge is 1.98. The predicted octanol–water partition coefficient (Wildman–Crippen LogP) is 1.56. The molecule has 1 nitrogen and oxygen atoms in total. The van der Waals surface area contributed by atoms with Crippen molar-refractivity contribution in [3.63, 3.8) is 0 Å². The van der Waals surface area contributed by atoms with Crippen molar-refractivity contribution in [2.45, 2.75) is 12.5 Å². The minimum absolute atomic E-state index is 0.275. The molecule has 0 heterocycles. The molecular weight excluding hydrogens is 143 g/mol. The second-order valence-corrected chi connectivity index (χ2v) is 2.49. The van der Waals surface area contributed by atoms with Crippen molar-refractivity contribution in [2.24, 2.45) is 0 Å². The van der Waals surface area contributed by atoms with Gasteiger partial charge in [0.25, 0.3) is 0 Å². The molecule has 1 N–H and O–H groups in total. The number of rotatable bonds is 2. The average molecular weight is 153 g/mol. The van der Waals surface area contributed by atoms with Gasteiger partial charge in [0.15, 0.2) is 0 Å². The first-order valence-corrected chi connectivity index (χ1v) is 3.44. The van der Waals surface area contributed by atoms with Crippen LogP contribution in [-0.2, 0) is 6.42 Å². The number of benzene rings is 1. The monoisotopic (exact) mass is 153 g/mol. The molecule has 0 aromatic heterocycles. The summed E-state index contributed by atoms with van der Waals surface area (Å²) < 4.78 is 12.5. The van der Waals surface area contributed by atoms with Crippen molar-refractivity contribution < 1.29 is 9.50 Å². The smallest absolute Gasteiger partial charge is 0.123 e. The molecule has 1 atom stereocenters. The van der Waals surface area contributed by atoms with E-state index in [9.17, 15) is 4.39 Å². The summed E-state index contributed by atoms with van der Waals surface area (Å²) >= 11 is 0. The van der Waals surface area contributed by atoms with Gasteiger partial charge in [-0.15, -0.1) is 0 Å². The van der Waals surface area contributed by atoms with Crippen molar-refractivity contribution in [3.8, 4) is 0 Å². The van der Waals surface area contributed by atoms with E-state index in [1.165, 1.54) is 12.1 Å². The maximum absolute atomic E-state index is 12.5. The molecule has 0 aliphatic heterocycles. The Morgan fingerprint density at radius 3 is 2.82 bits per heavy atom. The van der Waals surface area contributed by atoms with Crippen LogP contribution in [0.1, 0.15) is 5.56 Å². The van der Waals surface area contributed by atoms with Gasteiger partial charge in [0, 0.05) is 0 Å². The van der Waals surface area contributed by atoms with Crippen molar-refractivity contribution >= 4 is 0 Å². The first kappa shape index (κ1) is 8.21. The molecule has 11 heavy (non-hydrogen) atoms. The van der Waals surface area contributed by atoms with Crippen LogP contribution in [0, 0.1) is 12.7 Å². The van der Waals surface area contributed by atoms with E-state index in [4.69, 9.17) is 5.11 Å². The van der Waals surface area contributed by atoms with Gasteiger partial charge in [0.2, 0.25) is 0 Å². The van der Waals surface area contributed by atoms with E-state index < -0.39 is 6.10 Å². The van der Waals surface area contributed by atoms with Crippen LogP contribution in [0.2, 0.25) is 0 Å². The Labute approximate surface area is 65.5 Å². The van der Waals surface area contributed by atoms with Crippen LogP contribution < -0.4 is 0 Å². The van der Waals surface area contributed by atoms with E-state index >= 15 is 0 Å². The quantitative estimate of drug-likeness (QED) is 0.683. The molecule has 0 amide bonds. The minimum atomic E-state index is -0.656. The lowest BCUT2D eigenvalue weighted by Gasteiger charge is -2.02. The Bertz CT molecular complexity index is 233. The van der Waals surface area contributed by atoms with Crippen LogP contribution in [0.5, 0.6) is 0 Å². The largest absolute Gasteiger partial charge is 0.393 e. The van der Waals surface area contributed by atoms with Crippen molar-refractivity contribution in [1.29, 1.82) is 0 Å². The van der Waals surface area contributed by atoms with E-state index in [0.717, 1.165) is 5.56 Å². The van der Waals surface area contributed by atoms with Crippen LogP contribution in [0.3, 0.4) is 0 Å². The second-order valence-electron chi connectivity index (χ2n) is 2.49. The average Bonchev–Trinajstić information content (AvgIpc) is 1.85. The first-order chi connectivity index (χ1) is 5.18. The second kappa shape index (κ2) is 3.49. The normalized spacial score (nSPS) is 13.0. The van der Waals surface area contributed by atoms with Gasteiger partial charge in [-0.05, 0) is 31.0 Å². The van der Waals surface area contributed by atoms with Crippen LogP contribution in [0.25, 0.3) is 0 Å². The van der Waals surface area contributed by atoms with Gasteiger partial charge in [-0.2, -0.15) is 0 Å². The van der Waals surface area contributed by atoms with Crippen molar-refractivity contribution in [1.82, 2.24) is 0 Å². The van der Waals surface area contributed by atoms with Gasteiger partial charge in [0.1, 0.15) is 5.82 Å². The summed E-state index contributed by atoms with van der Waals surface area (Å²) in [5.74, 6) is -0.275. The lowest BCUT2D eigenvalue weighted by Crippen LogP contribution is -2.04. The lowest BCUT2D eigenvalue weighted by molar-refractivity contribution is 0.221. The van der Waals surface area contributed by atoms with Crippen molar-refractivity contribution in [3.05, 3.63) is 42.6 Å². The molecule has 0 aliphatic rings. The molecule has 1 unspecified atom stereocenters. The topological polar surface area (TPSA) is 20.2 Å². The number of aliphatic hydroxyl groups excluding tert-OH is 1. The fourth-order valence-electron chi connectivity index (χ4n) is 0.936. The number of hydrogen-bond donors (Lipinski definition) is 1. The van der Waals surface area contributed by atoms with E-state index in [2.05, 4.69) is 6.92 Å². The summed E-state index contributed by atoms with van der Waals surface area (Å²) in [7, 11) is 0. The maximum atomic E-state index is 12.5. The number of aliphatic hydroxyl groups is 1. The molecule has 0 aliphatic carbocycles. The van der Waals surface area contributed by atoms with Gasteiger partial charge in [-0.25, -0.2) is 4.39 Å². The SMILES string of the molecule is [CH2]C(O)Cc1cccc(F)c1. The van der Waals surface area contributed by atoms with Crippen LogP contribution in [0.15, 0.2) is 24.3 Å². The predicted molar refractivity (Wildman–Crippen MR) is 41.5 cm³/mol. The fraction of sp³-hybridized carbons (Fsp3) is 0.222. The summed E-state index contributed by atoms with van der Waals surface area (Å²) in [6, 6.07) is 6.15. The standard InChI is InChI=1S/C9H10FO/c1-7(11)5-8-3-2-4-9(10)6-8/h2-4,6-7,11H,1,5H2. The Hall–Kier alpha value is -0.890. The molecule has 0 saturated heterocycles. The molecule has 1 rings (SSSR count). The Kier molecular flexibility index (Phi) is 2.60. The lowest BCUT2D eigenvalue weighted by atomic mass is 10.1. The van der Waals surface area contributed by atoms with Crippen LogP contribution in [-0.4, -0.2) is 11.2 Å². The van der Waals surface area contributed by atoms with Gasteiger partial charge < -0.3 is 5.11 Å². The fourth-order valence-corrected chi connectivity index (χ4v) is 0.936. The van der Waals surface area contributed by atoms with E-state index in [1.54, 1.807) is 12.1 Å². The number of hydrogen-bond acceptors (Lipinski definition) is 1. The molecule has 0 saturated carbocycles. The first-order valence-electron chi connectivity index (χ1n) is 3.44. The molecular formula is C9H10FO. The highest BCUT2D eigenvalue weighted by atomic mass is 19.1. The van der Waals surface area contributed by atoms with Gasteiger partial charge in [0.05, 0.1) is 6.10 Å². The molecule has 2 heteroatoms. The zero-order chi connectivity index (χ0) is 8.27. The van der Waals surface area contributed by atoms with Gasteiger partial charge in [-0.3, -0.25) is 0 Å². The molecule has 0 fully saturated rings. The van der Waals surface area contributed by atoms with E-state index in [0.29, 0.717) is 6.42 Å². The Balaban J connectivity index is 2.71. The molecule has 0 spiro atoms. The third kappa shape index (κ3) is 2.68. The Morgan fingerprint density at radius 2 is 2.27 bits per heavy atom. The highest BCUT2D eigenvalue weighted by Crippen LogP contribution is 2.05. The van der Waals surface area contributed by atoms with Gasteiger partial charge >= 0.3 is 0 Å². The zero-order valence-corrected chi connectivity index (χ0v) is 6.13. The zero-order valence-electron chi connectivity index (χ0n) is 6.13. The minimum Gasteiger partial charge on any atom is -0.393 e. The maximum Gasteiger partial charge on any atom is 0.123 e. The molecule has 1 aromatic carbocycles. The highest BCUT2D eigenvalue weighted by molar-refractivity contribution is 5.17. The summed E-state index contributed by atoms with van der Waals surface area (Å²) in [5, 5.41) is 8.86. The summed E-state index contributed by atoms with van der Waals surface area (Å²) in [6.07, 6.45) is -0.255.